The van der Waals surface area contributed by atoms with Crippen molar-refractivity contribution >= 4 is 44.2 Å². The standard InChI is InChI=1S/C26H28ClNO4S/c1-17-15-20(12-13-23(17)27)33(30,31)28(26(29)18-7-3-2-4-8-18)19-11-14-25-22(16-19)21-9-5-6-10-24(21)32-25/h11-16,18H,2-10H2,1H3. The Kier molecular flexibility index (Phi) is 6.00. The monoisotopic (exact) mass is 485 g/mol. The highest BCUT2D eigenvalue weighted by atomic mass is 35.5. The SMILES string of the molecule is Cc1cc(S(=O)(=O)N(C(=O)C2CCCCC2)c2ccc3oc4c(c3c2)CCCC4)ccc1Cl. The number of fused-ring (bicyclic) bond motifs is 3. The number of nitrogens with zero attached hydrogens (tertiary/aromatic N) is 1. The van der Waals surface area contributed by atoms with Gasteiger partial charge < -0.3 is 4.42 Å². The van der Waals surface area contributed by atoms with Crippen molar-refractivity contribution in [3.05, 3.63) is 58.3 Å². The molecule has 0 atom stereocenters. The molecule has 0 unspecified atom stereocenters. The fourth-order valence-corrected chi connectivity index (χ4v) is 6.83. The minimum Gasteiger partial charge on any atom is -0.461 e. The molecule has 1 fully saturated rings. The molecular weight excluding hydrogens is 458 g/mol. The van der Waals surface area contributed by atoms with Crippen LogP contribution in [0.2, 0.25) is 5.02 Å². The number of amides is 1. The Morgan fingerprint density at radius 3 is 2.52 bits per heavy atom. The Morgan fingerprint density at radius 1 is 1.00 bits per heavy atom. The number of anilines is 1. The van der Waals surface area contributed by atoms with Gasteiger partial charge in [-0.15, -0.1) is 0 Å². The molecule has 1 saturated carbocycles. The van der Waals surface area contributed by atoms with Crippen LogP contribution in [0.4, 0.5) is 5.69 Å². The summed E-state index contributed by atoms with van der Waals surface area (Å²) in [7, 11) is -4.12. The lowest BCUT2D eigenvalue weighted by molar-refractivity contribution is -0.122. The molecule has 3 aromatic rings. The Morgan fingerprint density at radius 2 is 1.76 bits per heavy atom. The van der Waals surface area contributed by atoms with Gasteiger partial charge in [-0.3, -0.25) is 4.79 Å². The maximum absolute atomic E-state index is 13.9. The van der Waals surface area contributed by atoms with Crippen LogP contribution in [-0.4, -0.2) is 14.3 Å². The van der Waals surface area contributed by atoms with Crippen molar-refractivity contribution in [2.45, 2.75) is 69.6 Å². The summed E-state index contributed by atoms with van der Waals surface area (Å²) in [6.45, 7) is 1.76. The van der Waals surface area contributed by atoms with Crippen LogP contribution in [0.3, 0.4) is 0 Å². The largest absolute Gasteiger partial charge is 0.461 e. The van der Waals surface area contributed by atoms with Gasteiger partial charge in [-0.05, 0) is 81.0 Å². The molecule has 5 rings (SSSR count). The van der Waals surface area contributed by atoms with E-state index in [4.69, 9.17) is 16.0 Å². The van der Waals surface area contributed by atoms with E-state index < -0.39 is 10.0 Å². The molecule has 1 amide bonds. The van der Waals surface area contributed by atoms with Gasteiger partial charge in [0, 0.05) is 28.3 Å². The predicted octanol–water partition coefficient (Wildman–Crippen LogP) is 6.58. The average molecular weight is 486 g/mol. The van der Waals surface area contributed by atoms with Crippen LogP contribution in [0, 0.1) is 12.8 Å². The second-order valence-electron chi connectivity index (χ2n) is 9.24. The number of aryl methyl sites for hydroxylation is 3. The van der Waals surface area contributed by atoms with Crippen molar-refractivity contribution in [3.63, 3.8) is 0 Å². The van der Waals surface area contributed by atoms with Crippen LogP contribution in [0.25, 0.3) is 11.0 Å². The summed E-state index contributed by atoms with van der Waals surface area (Å²) < 4.78 is 34.8. The van der Waals surface area contributed by atoms with Gasteiger partial charge in [0.1, 0.15) is 11.3 Å². The minimum absolute atomic E-state index is 0.0721. The molecule has 0 bridgehead atoms. The number of halogens is 1. The summed E-state index contributed by atoms with van der Waals surface area (Å²) in [5.41, 5.74) is 2.92. The first-order valence-corrected chi connectivity index (χ1v) is 13.6. The number of hydrogen-bond acceptors (Lipinski definition) is 4. The van der Waals surface area contributed by atoms with Crippen LogP contribution in [0.5, 0.6) is 0 Å². The lowest BCUT2D eigenvalue weighted by Gasteiger charge is -2.29. The molecule has 7 heteroatoms. The van der Waals surface area contributed by atoms with Crippen molar-refractivity contribution in [2.75, 3.05) is 4.31 Å². The van der Waals surface area contributed by atoms with Gasteiger partial charge in [0.2, 0.25) is 5.91 Å². The maximum Gasteiger partial charge on any atom is 0.270 e. The molecule has 2 aliphatic carbocycles. The third kappa shape index (κ3) is 4.08. The Hall–Kier alpha value is -2.31. The molecule has 2 aromatic carbocycles. The van der Waals surface area contributed by atoms with Crippen LogP contribution < -0.4 is 4.31 Å². The summed E-state index contributed by atoms with van der Waals surface area (Å²) in [5.74, 6) is 0.338. The highest BCUT2D eigenvalue weighted by molar-refractivity contribution is 7.93. The molecule has 0 saturated heterocycles. The van der Waals surface area contributed by atoms with Crippen molar-refractivity contribution in [3.8, 4) is 0 Å². The second-order valence-corrected chi connectivity index (χ2v) is 11.4. The number of hydrogen-bond donors (Lipinski definition) is 0. The molecule has 174 valence electrons. The average Bonchev–Trinajstić information content (AvgIpc) is 3.19. The van der Waals surface area contributed by atoms with Crippen LogP contribution >= 0.6 is 11.6 Å². The van der Waals surface area contributed by atoms with E-state index in [-0.39, 0.29) is 16.7 Å². The smallest absolute Gasteiger partial charge is 0.270 e. The third-order valence-corrected chi connectivity index (χ3v) is 9.14. The van der Waals surface area contributed by atoms with E-state index >= 15 is 0 Å². The van der Waals surface area contributed by atoms with E-state index in [0.29, 0.717) is 29.1 Å². The number of carbonyl (C=O) groups excluding carboxylic acids is 1. The first kappa shape index (κ1) is 22.5. The van der Waals surface area contributed by atoms with E-state index in [2.05, 4.69) is 0 Å². The van der Waals surface area contributed by atoms with E-state index in [1.807, 2.05) is 6.07 Å². The molecular formula is C26H28ClNO4S. The molecule has 2 aliphatic rings. The first-order chi connectivity index (χ1) is 15.9. The fraction of sp³-hybridized carbons (Fsp3) is 0.423. The lowest BCUT2D eigenvalue weighted by Crippen LogP contribution is -2.41. The van der Waals surface area contributed by atoms with Crippen LogP contribution in [0.1, 0.15) is 61.8 Å². The van der Waals surface area contributed by atoms with E-state index in [1.165, 1.54) is 12.1 Å². The highest BCUT2D eigenvalue weighted by Crippen LogP contribution is 2.37. The molecule has 0 radical (unpaired) electrons. The zero-order valence-corrected chi connectivity index (χ0v) is 20.3. The molecule has 0 spiro atoms. The first-order valence-electron chi connectivity index (χ1n) is 11.8. The van der Waals surface area contributed by atoms with Crippen molar-refractivity contribution in [2.24, 2.45) is 5.92 Å². The molecule has 5 nitrogen and oxygen atoms in total. The molecule has 1 heterocycles. The number of furan rings is 1. The van der Waals surface area contributed by atoms with Crippen molar-refractivity contribution in [1.82, 2.24) is 0 Å². The van der Waals surface area contributed by atoms with Crippen LogP contribution in [-0.2, 0) is 27.7 Å². The minimum atomic E-state index is -4.12. The number of carbonyl (C=O) groups is 1. The van der Waals surface area contributed by atoms with Gasteiger partial charge in [-0.2, -0.15) is 0 Å². The van der Waals surface area contributed by atoms with E-state index in [1.54, 1.807) is 25.1 Å². The highest BCUT2D eigenvalue weighted by Gasteiger charge is 2.36. The third-order valence-electron chi connectivity index (χ3n) is 7.00. The Labute approximate surface area is 199 Å². The van der Waals surface area contributed by atoms with Crippen LogP contribution in [0.15, 0.2) is 45.7 Å². The van der Waals surface area contributed by atoms with Gasteiger partial charge in [0.05, 0.1) is 10.6 Å². The van der Waals surface area contributed by atoms with Gasteiger partial charge in [-0.25, -0.2) is 12.7 Å². The summed E-state index contributed by atoms with van der Waals surface area (Å²) in [5, 5.41) is 1.40. The summed E-state index contributed by atoms with van der Waals surface area (Å²) >= 11 is 6.15. The summed E-state index contributed by atoms with van der Waals surface area (Å²) in [4.78, 5) is 13.8. The lowest BCUT2D eigenvalue weighted by atomic mass is 9.88. The Bertz CT molecular complexity index is 1320. The van der Waals surface area contributed by atoms with Gasteiger partial charge >= 0.3 is 0 Å². The normalized spacial score (nSPS) is 17.2. The number of benzene rings is 2. The van der Waals surface area contributed by atoms with Gasteiger partial charge in [0.15, 0.2) is 0 Å². The molecule has 33 heavy (non-hydrogen) atoms. The second kappa shape index (κ2) is 8.80. The van der Waals surface area contributed by atoms with Gasteiger partial charge in [0.25, 0.3) is 10.0 Å². The fourth-order valence-electron chi connectivity index (χ4n) is 5.16. The molecule has 1 aromatic heterocycles. The topological polar surface area (TPSA) is 67.6 Å². The predicted molar refractivity (Wildman–Crippen MR) is 130 cm³/mol. The quantitative estimate of drug-likeness (QED) is 0.418. The number of rotatable bonds is 4. The van der Waals surface area contributed by atoms with Crippen molar-refractivity contribution < 1.29 is 17.6 Å². The molecule has 0 aliphatic heterocycles. The van der Waals surface area contributed by atoms with E-state index in [9.17, 15) is 13.2 Å². The zero-order chi connectivity index (χ0) is 23.2. The summed E-state index contributed by atoms with van der Waals surface area (Å²) in [6, 6.07) is 9.90. The van der Waals surface area contributed by atoms with E-state index in [0.717, 1.165) is 71.5 Å². The van der Waals surface area contributed by atoms with Gasteiger partial charge in [-0.1, -0.05) is 30.9 Å². The number of sulfonamides is 1. The zero-order valence-electron chi connectivity index (χ0n) is 18.8. The Balaban J connectivity index is 1.65. The maximum atomic E-state index is 13.9. The van der Waals surface area contributed by atoms with Crippen molar-refractivity contribution in [1.29, 1.82) is 0 Å². The summed E-state index contributed by atoms with van der Waals surface area (Å²) in [6.07, 6.45) is 8.38. The molecule has 0 N–H and O–H groups in total.